The highest BCUT2D eigenvalue weighted by atomic mass is 35.5. The molecule has 0 unspecified atom stereocenters. The summed E-state index contributed by atoms with van der Waals surface area (Å²) in [7, 11) is 1.94. The Morgan fingerprint density at radius 1 is 1.00 bits per heavy atom. The average Bonchev–Trinajstić information content (AvgIpc) is 2.37. The maximum Gasteiger partial charge on any atom is 0.127 e. The van der Waals surface area contributed by atoms with Gasteiger partial charge in [-0.2, -0.15) is 0 Å². The number of nitrogens with one attached hydrogen (secondary N) is 1. The van der Waals surface area contributed by atoms with Gasteiger partial charge in [0.05, 0.1) is 0 Å². The Balaban J connectivity index is 2.19. The minimum atomic E-state index is 0.757. The molecule has 0 amide bonds. The second-order valence-corrected chi connectivity index (χ2v) is 5.04. The van der Waals surface area contributed by atoms with E-state index in [-0.39, 0.29) is 0 Å². The van der Waals surface area contributed by atoms with Gasteiger partial charge in [0.1, 0.15) is 11.5 Å². The third-order valence-corrected chi connectivity index (χ3v) is 3.47. The first-order chi connectivity index (χ1) is 9.10. The first-order valence-electron chi connectivity index (χ1n) is 6.28. The Morgan fingerprint density at radius 2 is 1.63 bits per heavy atom. The van der Waals surface area contributed by atoms with E-state index in [1.54, 1.807) is 0 Å². The summed E-state index contributed by atoms with van der Waals surface area (Å²) in [6.45, 7) is 4.93. The van der Waals surface area contributed by atoms with Gasteiger partial charge in [-0.05, 0) is 67.9 Å². The van der Waals surface area contributed by atoms with Gasteiger partial charge in [-0.3, -0.25) is 0 Å². The van der Waals surface area contributed by atoms with Gasteiger partial charge in [0.25, 0.3) is 0 Å². The van der Waals surface area contributed by atoms with E-state index in [2.05, 4.69) is 24.4 Å². The number of hydrogen-bond donors (Lipinski definition) is 1. The molecule has 2 nitrogen and oxygen atoms in total. The summed E-state index contributed by atoms with van der Waals surface area (Å²) in [5.41, 5.74) is 3.52. The summed E-state index contributed by atoms with van der Waals surface area (Å²) in [6, 6.07) is 11.8. The SMILES string of the molecule is CNCc1ccc(Oc2ccc(Cl)c(C)c2)cc1C. The van der Waals surface area contributed by atoms with Crippen LogP contribution in [0.5, 0.6) is 11.5 Å². The fraction of sp³-hybridized carbons (Fsp3) is 0.250. The summed E-state index contributed by atoms with van der Waals surface area (Å²) in [5, 5.41) is 3.91. The molecule has 100 valence electrons. The molecule has 0 heterocycles. The quantitative estimate of drug-likeness (QED) is 0.889. The van der Waals surface area contributed by atoms with Gasteiger partial charge < -0.3 is 10.1 Å². The van der Waals surface area contributed by atoms with Crippen LogP contribution in [0, 0.1) is 13.8 Å². The van der Waals surface area contributed by atoms with Gasteiger partial charge in [0.15, 0.2) is 0 Å². The lowest BCUT2D eigenvalue weighted by Crippen LogP contribution is -2.06. The topological polar surface area (TPSA) is 21.3 Å². The van der Waals surface area contributed by atoms with Crippen LogP contribution in [0.15, 0.2) is 36.4 Å². The molecule has 0 saturated carbocycles. The molecule has 0 saturated heterocycles. The van der Waals surface area contributed by atoms with Gasteiger partial charge >= 0.3 is 0 Å². The van der Waals surface area contributed by atoms with Gasteiger partial charge in [-0.25, -0.2) is 0 Å². The minimum Gasteiger partial charge on any atom is -0.457 e. The molecular weight excluding hydrogens is 258 g/mol. The van der Waals surface area contributed by atoms with Gasteiger partial charge in [-0.15, -0.1) is 0 Å². The highest BCUT2D eigenvalue weighted by Crippen LogP contribution is 2.27. The molecule has 1 N–H and O–H groups in total. The van der Waals surface area contributed by atoms with Crippen LogP contribution in [0.3, 0.4) is 0 Å². The molecule has 0 radical (unpaired) electrons. The summed E-state index contributed by atoms with van der Waals surface area (Å²) in [6.07, 6.45) is 0. The van der Waals surface area contributed by atoms with Gasteiger partial charge in [-0.1, -0.05) is 17.7 Å². The lowest BCUT2D eigenvalue weighted by atomic mass is 10.1. The maximum absolute atomic E-state index is 6.00. The first kappa shape index (κ1) is 13.9. The molecule has 0 aliphatic carbocycles. The molecule has 2 aromatic rings. The maximum atomic E-state index is 6.00. The Hall–Kier alpha value is -1.51. The normalized spacial score (nSPS) is 10.5. The molecule has 2 rings (SSSR count). The van der Waals surface area contributed by atoms with Crippen LogP contribution in [-0.4, -0.2) is 7.05 Å². The lowest BCUT2D eigenvalue weighted by Gasteiger charge is -2.10. The van der Waals surface area contributed by atoms with Gasteiger partial charge in [0.2, 0.25) is 0 Å². The Morgan fingerprint density at radius 3 is 2.21 bits per heavy atom. The Bertz CT molecular complexity index is 581. The van der Waals surface area contributed by atoms with Crippen molar-refractivity contribution in [2.45, 2.75) is 20.4 Å². The monoisotopic (exact) mass is 275 g/mol. The van der Waals surface area contributed by atoms with Crippen LogP contribution in [0.4, 0.5) is 0 Å². The number of ether oxygens (including phenoxy) is 1. The van der Waals surface area contributed by atoms with Crippen molar-refractivity contribution >= 4 is 11.6 Å². The summed E-state index contributed by atoms with van der Waals surface area (Å²) in [5.74, 6) is 1.65. The van der Waals surface area contributed by atoms with Crippen molar-refractivity contribution in [2.75, 3.05) is 7.05 Å². The smallest absolute Gasteiger partial charge is 0.127 e. The van der Waals surface area contributed by atoms with E-state index in [1.807, 2.05) is 38.2 Å². The van der Waals surface area contributed by atoms with E-state index < -0.39 is 0 Å². The number of aryl methyl sites for hydroxylation is 2. The van der Waals surface area contributed by atoms with Crippen molar-refractivity contribution in [1.82, 2.24) is 5.32 Å². The van der Waals surface area contributed by atoms with Crippen molar-refractivity contribution in [3.8, 4) is 11.5 Å². The third kappa shape index (κ3) is 3.49. The molecule has 0 aliphatic heterocycles. The standard InChI is InChI=1S/C16H18ClNO/c1-11-8-14(5-4-13(11)10-18-3)19-15-6-7-16(17)12(2)9-15/h4-9,18H,10H2,1-3H3. The van der Waals surface area contributed by atoms with Crippen LogP contribution in [0.25, 0.3) is 0 Å². The lowest BCUT2D eigenvalue weighted by molar-refractivity contribution is 0.481. The highest BCUT2D eigenvalue weighted by molar-refractivity contribution is 6.31. The number of halogens is 1. The molecule has 0 aliphatic rings. The highest BCUT2D eigenvalue weighted by Gasteiger charge is 2.03. The van der Waals surface area contributed by atoms with E-state index in [9.17, 15) is 0 Å². The largest absolute Gasteiger partial charge is 0.457 e. The average molecular weight is 276 g/mol. The Kier molecular flexibility index (Phi) is 4.46. The summed E-state index contributed by atoms with van der Waals surface area (Å²) in [4.78, 5) is 0. The van der Waals surface area contributed by atoms with Crippen LogP contribution in [0.2, 0.25) is 5.02 Å². The fourth-order valence-corrected chi connectivity index (χ4v) is 2.05. The molecule has 0 fully saturated rings. The van der Waals surface area contributed by atoms with Crippen molar-refractivity contribution < 1.29 is 4.74 Å². The van der Waals surface area contributed by atoms with E-state index in [1.165, 1.54) is 11.1 Å². The van der Waals surface area contributed by atoms with E-state index in [4.69, 9.17) is 16.3 Å². The number of hydrogen-bond acceptors (Lipinski definition) is 2. The Labute approximate surface area is 119 Å². The molecule has 0 spiro atoms. The fourth-order valence-electron chi connectivity index (χ4n) is 1.94. The second kappa shape index (κ2) is 6.09. The predicted molar refractivity (Wildman–Crippen MR) is 80.2 cm³/mol. The molecule has 19 heavy (non-hydrogen) atoms. The molecular formula is C16H18ClNO. The van der Waals surface area contributed by atoms with E-state index in [0.717, 1.165) is 28.6 Å². The first-order valence-corrected chi connectivity index (χ1v) is 6.66. The zero-order chi connectivity index (χ0) is 13.8. The van der Waals surface area contributed by atoms with Crippen LogP contribution in [-0.2, 0) is 6.54 Å². The van der Waals surface area contributed by atoms with E-state index >= 15 is 0 Å². The van der Waals surface area contributed by atoms with Crippen molar-refractivity contribution in [2.24, 2.45) is 0 Å². The van der Waals surface area contributed by atoms with Crippen molar-refractivity contribution in [1.29, 1.82) is 0 Å². The van der Waals surface area contributed by atoms with Crippen molar-refractivity contribution in [3.63, 3.8) is 0 Å². The minimum absolute atomic E-state index is 0.757. The summed E-state index contributed by atoms with van der Waals surface area (Å²) >= 11 is 6.00. The van der Waals surface area contributed by atoms with Crippen molar-refractivity contribution in [3.05, 3.63) is 58.1 Å². The molecule has 2 aromatic carbocycles. The third-order valence-electron chi connectivity index (χ3n) is 3.05. The van der Waals surface area contributed by atoms with Gasteiger partial charge in [0, 0.05) is 11.6 Å². The zero-order valence-corrected chi connectivity index (χ0v) is 12.2. The van der Waals surface area contributed by atoms with Crippen LogP contribution < -0.4 is 10.1 Å². The molecule has 3 heteroatoms. The van der Waals surface area contributed by atoms with Crippen LogP contribution >= 0.6 is 11.6 Å². The van der Waals surface area contributed by atoms with Crippen LogP contribution in [0.1, 0.15) is 16.7 Å². The second-order valence-electron chi connectivity index (χ2n) is 4.63. The van der Waals surface area contributed by atoms with E-state index in [0.29, 0.717) is 0 Å². The molecule has 0 atom stereocenters. The number of benzene rings is 2. The summed E-state index contributed by atoms with van der Waals surface area (Å²) < 4.78 is 5.85. The molecule has 0 bridgehead atoms. The predicted octanol–water partition coefficient (Wildman–Crippen LogP) is 4.47. The zero-order valence-electron chi connectivity index (χ0n) is 11.5. The molecule has 0 aromatic heterocycles. The number of rotatable bonds is 4.